The Balaban J connectivity index is 2.54. The molecule has 1 unspecified atom stereocenters. The maximum atomic E-state index is 11.2. The topological polar surface area (TPSA) is 65.2 Å². The lowest BCUT2D eigenvalue weighted by atomic mass is 10.2. The second-order valence-electron chi connectivity index (χ2n) is 3.55. The summed E-state index contributed by atoms with van der Waals surface area (Å²) in [4.78, 5) is 15.6. The number of thiazole rings is 1. The van der Waals surface area contributed by atoms with E-state index < -0.39 is 0 Å². The summed E-state index contributed by atoms with van der Waals surface area (Å²) < 4.78 is 4.86. The normalized spacial score (nSPS) is 12.4. The summed E-state index contributed by atoms with van der Waals surface area (Å²) in [6.45, 7) is 4.29. The molecule has 0 spiro atoms. The van der Waals surface area contributed by atoms with E-state index in [1.54, 1.807) is 6.92 Å². The number of carbonyl (C=O) groups excluding carboxylic acids is 1. The van der Waals surface area contributed by atoms with E-state index in [4.69, 9.17) is 10.5 Å². The fraction of sp³-hybridized carbons (Fsp3) is 0.636. The highest BCUT2D eigenvalue weighted by Crippen LogP contribution is 2.20. The first-order chi connectivity index (χ1) is 7.67. The van der Waals surface area contributed by atoms with Crippen LogP contribution in [-0.4, -0.2) is 17.6 Å². The number of hydrogen-bond donors (Lipinski definition) is 1. The monoisotopic (exact) mass is 242 g/mol. The summed E-state index contributed by atoms with van der Waals surface area (Å²) in [5.41, 5.74) is 6.69. The van der Waals surface area contributed by atoms with Crippen LogP contribution in [0.25, 0.3) is 0 Å². The van der Waals surface area contributed by atoms with Gasteiger partial charge in [-0.05, 0) is 13.3 Å². The van der Waals surface area contributed by atoms with E-state index in [1.807, 2.05) is 5.38 Å². The third-order valence-electron chi connectivity index (χ3n) is 2.12. The number of nitrogens with two attached hydrogens (primary N) is 1. The molecule has 1 aromatic heterocycles. The third-order valence-corrected chi connectivity index (χ3v) is 3.14. The molecule has 2 N–H and O–H groups in total. The van der Waals surface area contributed by atoms with Crippen LogP contribution in [0.2, 0.25) is 0 Å². The Morgan fingerprint density at radius 3 is 3.00 bits per heavy atom. The highest BCUT2D eigenvalue weighted by Gasteiger charge is 2.12. The summed E-state index contributed by atoms with van der Waals surface area (Å²) in [5.74, 6) is -0.233. The van der Waals surface area contributed by atoms with Crippen molar-refractivity contribution < 1.29 is 9.53 Å². The van der Waals surface area contributed by atoms with Crippen molar-refractivity contribution in [1.29, 1.82) is 0 Å². The van der Waals surface area contributed by atoms with Gasteiger partial charge in [0, 0.05) is 5.38 Å². The molecule has 90 valence electrons. The summed E-state index contributed by atoms with van der Waals surface area (Å²) in [5, 5.41) is 2.78. The number of ether oxygens (including phenoxy) is 1. The van der Waals surface area contributed by atoms with Crippen molar-refractivity contribution in [1.82, 2.24) is 4.98 Å². The van der Waals surface area contributed by atoms with Crippen molar-refractivity contribution in [3.63, 3.8) is 0 Å². The summed E-state index contributed by atoms with van der Waals surface area (Å²) in [7, 11) is 0. The van der Waals surface area contributed by atoms with Gasteiger partial charge in [-0.2, -0.15) is 0 Å². The fourth-order valence-electron chi connectivity index (χ4n) is 1.37. The number of aromatic nitrogens is 1. The van der Waals surface area contributed by atoms with E-state index >= 15 is 0 Å². The lowest BCUT2D eigenvalue weighted by Crippen LogP contribution is -2.11. The molecule has 0 aromatic carbocycles. The number of carbonyl (C=O) groups is 1. The van der Waals surface area contributed by atoms with Gasteiger partial charge >= 0.3 is 5.97 Å². The van der Waals surface area contributed by atoms with Crippen molar-refractivity contribution in [3.8, 4) is 0 Å². The molecule has 1 aromatic rings. The standard InChI is InChI=1S/C11H18N2O2S/c1-3-5-9(12)11-13-8(7-16-11)6-10(14)15-4-2/h7,9H,3-6,12H2,1-2H3. The fourth-order valence-corrected chi connectivity index (χ4v) is 2.22. The van der Waals surface area contributed by atoms with Crippen LogP contribution in [0.3, 0.4) is 0 Å². The Morgan fingerprint density at radius 2 is 2.38 bits per heavy atom. The second-order valence-corrected chi connectivity index (χ2v) is 4.44. The molecule has 16 heavy (non-hydrogen) atoms. The van der Waals surface area contributed by atoms with Crippen LogP contribution in [0.1, 0.15) is 43.4 Å². The molecule has 1 atom stereocenters. The molecule has 0 radical (unpaired) electrons. The molecule has 0 fully saturated rings. The van der Waals surface area contributed by atoms with E-state index in [-0.39, 0.29) is 18.4 Å². The first kappa shape index (κ1) is 13.1. The summed E-state index contributed by atoms with van der Waals surface area (Å²) >= 11 is 1.51. The zero-order valence-electron chi connectivity index (χ0n) is 9.73. The van der Waals surface area contributed by atoms with Gasteiger partial charge in [0.15, 0.2) is 0 Å². The van der Waals surface area contributed by atoms with Crippen LogP contribution in [0, 0.1) is 0 Å². The number of nitrogens with zero attached hydrogens (tertiary/aromatic N) is 1. The third kappa shape index (κ3) is 3.90. The van der Waals surface area contributed by atoms with Crippen molar-refractivity contribution in [2.45, 2.75) is 39.2 Å². The molecule has 0 amide bonds. The van der Waals surface area contributed by atoms with Crippen LogP contribution in [0.15, 0.2) is 5.38 Å². The van der Waals surface area contributed by atoms with E-state index in [2.05, 4.69) is 11.9 Å². The zero-order valence-corrected chi connectivity index (χ0v) is 10.5. The van der Waals surface area contributed by atoms with Crippen LogP contribution in [-0.2, 0) is 16.0 Å². The maximum absolute atomic E-state index is 11.2. The molecular weight excluding hydrogens is 224 g/mol. The Morgan fingerprint density at radius 1 is 1.62 bits per heavy atom. The predicted molar refractivity (Wildman–Crippen MR) is 64.3 cm³/mol. The van der Waals surface area contributed by atoms with Crippen LogP contribution >= 0.6 is 11.3 Å². The quantitative estimate of drug-likeness (QED) is 0.775. The number of rotatable bonds is 6. The summed E-state index contributed by atoms with van der Waals surface area (Å²) in [6, 6.07) is -0.00838. The SMILES string of the molecule is CCCC(N)c1nc(CC(=O)OCC)cs1. The minimum Gasteiger partial charge on any atom is -0.466 e. The molecule has 0 saturated carbocycles. The Kier molecular flexibility index (Phi) is 5.42. The van der Waals surface area contributed by atoms with E-state index in [1.165, 1.54) is 11.3 Å². The van der Waals surface area contributed by atoms with Crippen molar-refractivity contribution in [3.05, 3.63) is 16.1 Å². The van der Waals surface area contributed by atoms with Crippen molar-refractivity contribution in [2.24, 2.45) is 5.73 Å². The molecular formula is C11H18N2O2S. The van der Waals surface area contributed by atoms with Gasteiger partial charge in [0.2, 0.25) is 0 Å². The first-order valence-electron chi connectivity index (χ1n) is 5.52. The van der Waals surface area contributed by atoms with Gasteiger partial charge in [-0.3, -0.25) is 4.79 Å². The van der Waals surface area contributed by atoms with Crippen molar-refractivity contribution >= 4 is 17.3 Å². The Labute approximate surface area is 99.8 Å². The molecule has 0 aliphatic heterocycles. The van der Waals surface area contributed by atoms with Crippen LogP contribution < -0.4 is 5.73 Å². The molecule has 0 aliphatic carbocycles. The Bertz CT molecular complexity index is 338. The average molecular weight is 242 g/mol. The molecule has 1 rings (SSSR count). The van der Waals surface area contributed by atoms with Gasteiger partial charge < -0.3 is 10.5 Å². The maximum Gasteiger partial charge on any atom is 0.311 e. The van der Waals surface area contributed by atoms with Gasteiger partial charge in [-0.25, -0.2) is 4.98 Å². The van der Waals surface area contributed by atoms with E-state index in [0.29, 0.717) is 6.61 Å². The molecule has 0 aliphatic rings. The molecule has 4 nitrogen and oxygen atoms in total. The van der Waals surface area contributed by atoms with Crippen LogP contribution in [0.4, 0.5) is 0 Å². The largest absolute Gasteiger partial charge is 0.466 e. The highest BCUT2D eigenvalue weighted by atomic mass is 32.1. The van der Waals surface area contributed by atoms with Gasteiger partial charge in [0.1, 0.15) is 5.01 Å². The smallest absolute Gasteiger partial charge is 0.311 e. The molecule has 1 heterocycles. The Hall–Kier alpha value is -0.940. The number of hydrogen-bond acceptors (Lipinski definition) is 5. The highest BCUT2D eigenvalue weighted by molar-refractivity contribution is 7.09. The minimum atomic E-state index is -0.233. The van der Waals surface area contributed by atoms with E-state index in [9.17, 15) is 4.79 Å². The first-order valence-corrected chi connectivity index (χ1v) is 6.40. The van der Waals surface area contributed by atoms with Gasteiger partial charge in [0.25, 0.3) is 0 Å². The van der Waals surface area contributed by atoms with Crippen molar-refractivity contribution in [2.75, 3.05) is 6.61 Å². The van der Waals surface area contributed by atoms with Gasteiger partial charge in [-0.1, -0.05) is 13.3 Å². The lowest BCUT2D eigenvalue weighted by Gasteiger charge is -2.05. The van der Waals surface area contributed by atoms with Gasteiger partial charge in [0.05, 0.1) is 24.8 Å². The second kappa shape index (κ2) is 6.60. The minimum absolute atomic E-state index is 0.00838. The predicted octanol–water partition coefficient (Wildman–Crippen LogP) is 2.05. The molecule has 0 saturated heterocycles. The number of esters is 1. The van der Waals surface area contributed by atoms with Crippen LogP contribution in [0.5, 0.6) is 0 Å². The van der Waals surface area contributed by atoms with E-state index in [0.717, 1.165) is 23.5 Å². The summed E-state index contributed by atoms with van der Waals surface area (Å²) in [6.07, 6.45) is 2.20. The molecule has 5 heteroatoms. The molecule has 0 bridgehead atoms. The zero-order chi connectivity index (χ0) is 12.0. The average Bonchev–Trinajstić information content (AvgIpc) is 2.67. The lowest BCUT2D eigenvalue weighted by molar-refractivity contribution is -0.142. The van der Waals surface area contributed by atoms with Gasteiger partial charge in [-0.15, -0.1) is 11.3 Å².